The van der Waals surface area contributed by atoms with Crippen LogP contribution in [0.15, 0.2) is 18.2 Å². The third-order valence-electron chi connectivity index (χ3n) is 3.18. The average molecular weight is 251 g/mol. The number of hydrogen-bond donors (Lipinski definition) is 2. The van der Waals surface area contributed by atoms with Crippen LogP contribution in [0.4, 0.5) is 4.39 Å². The lowest BCUT2D eigenvalue weighted by Gasteiger charge is -2.31. The Hall–Kier alpha value is -1.46. The number of nitrogens with one attached hydrogen (secondary N) is 1. The molecule has 1 heterocycles. The van der Waals surface area contributed by atoms with E-state index in [2.05, 4.69) is 17.1 Å². The van der Waals surface area contributed by atoms with Crippen LogP contribution >= 0.6 is 0 Å². The van der Waals surface area contributed by atoms with Gasteiger partial charge in [0.15, 0.2) is 0 Å². The van der Waals surface area contributed by atoms with Gasteiger partial charge in [0, 0.05) is 43.3 Å². The molecule has 1 aliphatic rings. The first-order valence-corrected chi connectivity index (χ1v) is 6.10. The van der Waals surface area contributed by atoms with Gasteiger partial charge >= 0.3 is 0 Å². The van der Waals surface area contributed by atoms with Crippen molar-refractivity contribution in [2.45, 2.75) is 19.5 Å². The maximum Gasteiger partial charge on any atom is 0.248 e. The van der Waals surface area contributed by atoms with E-state index in [4.69, 9.17) is 5.73 Å². The van der Waals surface area contributed by atoms with Crippen molar-refractivity contribution < 1.29 is 9.18 Å². The summed E-state index contributed by atoms with van der Waals surface area (Å²) in [4.78, 5) is 13.1. The first kappa shape index (κ1) is 13.0. The molecule has 0 unspecified atom stereocenters. The van der Waals surface area contributed by atoms with Gasteiger partial charge in [0.2, 0.25) is 5.91 Å². The number of primary amides is 1. The van der Waals surface area contributed by atoms with Gasteiger partial charge in [-0.3, -0.25) is 9.69 Å². The molecule has 5 heteroatoms. The number of benzene rings is 1. The fourth-order valence-electron chi connectivity index (χ4n) is 2.23. The van der Waals surface area contributed by atoms with Crippen LogP contribution in [0.1, 0.15) is 22.8 Å². The van der Waals surface area contributed by atoms with Crippen molar-refractivity contribution in [2.75, 3.05) is 19.6 Å². The molecule has 1 aromatic carbocycles. The van der Waals surface area contributed by atoms with Crippen LogP contribution in [-0.2, 0) is 6.54 Å². The van der Waals surface area contributed by atoms with E-state index >= 15 is 0 Å². The van der Waals surface area contributed by atoms with E-state index in [9.17, 15) is 9.18 Å². The minimum absolute atomic E-state index is 0.213. The molecular weight excluding hydrogens is 233 g/mol. The molecule has 1 aromatic rings. The number of nitrogens with two attached hydrogens (primary N) is 1. The van der Waals surface area contributed by atoms with Crippen LogP contribution in [-0.4, -0.2) is 36.5 Å². The monoisotopic (exact) mass is 251 g/mol. The van der Waals surface area contributed by atoms with Gasteiger partial charge in [0.05, 0.1) is 0 Å². The van der Waals surface area contributed by atoms with Crippen LogP contribution in [0.3, 0.4) is 0 Å². The SMILES string of the molecule is C[C@H]1CN(Cc2ccc(C(N)=O)cc2F)CCN1. The fourth-order valence-corrected chi connectivity index (χ4v) is 2.23. The Morgan fingerprint density at radius 3 is 3.00 bits per heavy atom. The van der Waals surface area contributed by atoms with Crippen molar-refractivity contribution in [2.24, 2.45) is 5.73 Å². The van der Waals surface area contributed by atoms with Gasteiger partial charge < -0.3 is 11.1 Å². The van der Waals surface area contributed by atoms with E-state index in [0.717, 1.165) is 19.6 Å². The molecule has 0 aromatic heterocycles. The van der Waals surface area contributed by atoms with Crippen molar-refractivity contribution in [3.05, 3.63) is 35.1 Å². The zero-order chi connectivity index (χ0) is 13.1. The lowest BCUT2D eigenvalue weighted by molar-refractivity contribution is 0.1000. The molecule has 1 atom stereocenters. The van der Waals surface area contributed by atoms with Crippen LogP contribution in [0.2, 0.25) is 0 Å². The molecule has 18 heavy (non-hydrogen) atoms. The van der Waals surface area contributed by atoms with E-state index in [1.54, 1.807) is 12.1 Å². The molecule has 0 bridgehead atoms. The number of rotatable bonds is 3. The predicted octanol–water partition coefficient (Wildman–Crippen LogP) is 0.718. The molecule has 4 nitrogen and oxygen atoms in total. The number of halogens is 1. The molecule has 98 valence electrons. The summed E-state index contributed by atoms with van der Waals surface area (Å²) in [6.45, 7) is 5.40. The van der Waals surface area contributed by atoms with Crippen molar-refractivity contribution >= 4 is 5.91 Å². The molecule has 0 radical (unpaired) electrons. The van der Waals surface area contributed by atoms with Crippen LogP contribution in [0, 0.1) is 5.82 Å². The normalized spacial score (nSPS) is 20.9. The zero-order valence-electron chi connectivity index (χ0n) is 10.4. The highest BCUT2D eigenvalue weighted by molar-refractivity contribution is 5.92. The summed E-state index contributed by atoms with van der Waals surface area (Å²) in [5.41, 5.74) is 5.93. The maximum absolute atomic E-state index is 13.8. The molecule has 0 saturated carbocycles. The Morgan fingerprint density at radius 1 is 1.61 bits per heavy atom. The van der Waals surface area contributed by atoms with Gasteiger partial charge in [0.1, 0.15) is 5.82 Å². The second kappa shape index (κ2) is 5.46. The standard InChI is InChI=1S/C13H18FN3O/c1-9-7-17(5-4-16-9)8-11-3-2-10(13(15)18)6-12(11)14/h2-3,6,9,16H,4-5,7-8H2,1H3,(H2,15,18)/t9-/m0/s1. The predicted molar refractivity (Wildman–Crippen MR) is 67.7 cm³/mol. The van der Waals surface area contributed by atoms with Crippen molar-refractivity contribution in [1.29, 1.82) is 0 Å². The first-order valence-electron chi connectivity index (χ1n) is 6.10. The minimum Gasteiger partial charge on any atom is -0.366 e. The minimum atomic E-state index is -0.601. The maximum atomic E-state index is 13.8. The molecule has 3 N–H and O–H groups in total. The van der Waals surface area contributed by atoms with Crippen LogP contribution < -0.4 is 11.1 Å². The second-order valence-corrected chi connectivity index (χ2v) is 4.76. The number of piperazine rings is 1. The smallest absolute Gasteiger partial charge is 0.248 e. The number of nitrogens with zero attached hydrogens (tertiary/aromatic N) is 1. The quantitative estimate of drug-likeness (QED) is 0.832. The van der Waals surface area contributed by atoms with E-state index in [0.29, 0.717) is 18.2 Å². The number of hydrogen-bond acceptors (Lipinski definition) is 3. The van der Waals surface area contributed by atoms with E-state index < -0.39 is 5.91 Å². The lowest BCUT2D eigenvalue weighted by atomic mass is 10.1. The second-order valence-electron chi connectivity index (χ2n) is 4.76. The zero-order valence-corrected chi connectivity index (χ0v) is 10.4. The van der Waals surface area contributed by atoms with Gasteiger partial charge in [-0.05, 0) is 19.1 Å². The van der Waals surface area contributed by atoms with Gasteiger partial charge in [-0.1, -0.05) is 6.07 Å². The third-order valence-corrected chi connectivity index (χ3v) is 3.18. The van der Waals surface area contributed by atoms with Crippen LogP contribution in [0.25, 0.3) is 0 Å². The summed E-state index contributed by atoms with van der Waals surface area (Å²) in [6.07, 6.45) is 0. The van der Waals surface area contributed by atoms with Gasteiger partial charge in [0.25, 0.3) is 0 Å². The van der Waals surface area contributed by atoms with E-state index in [-0.39, 0.29) is 11.4 Å². The molecule has 1 saturated heterocycles. The fraction of sp³-hybridized carbons (Fsp3) is 0.462. The summed E-state index contributed by atoms with van der Waals surface area (Å²) >= 11 is 0. The Morgan fingerprint density at radius 2 is 2.39 bits per heavy atom. The van der Waals surface area contributed by atoms with Gasteiger partial charge in [-0.15, -0.1) is 0 Å². The van der Waals surface area contributed by atoms with Crippen LogP contribution in [0.5, 0.6) is 0 Å². The molecular formula is C13H18FN3O. The third kappa shape index (κ3) is 3.05. The number of carbonyl (C=O) groups excluding carboxylic acids is 1. The Balaban J connectivity index is 2.07. The Kier molecular flexibility index (Phi) is 3.93. The first-order chi connectivity index (χ1) is 8.56. The number of amides is 1. The highest BCUT2D eigenvalue weighted by Crippen LogP contribution is 2.14. The average Bonchev–Trinajstić information content (AvgIpc) is 2.31. The summed E-state index contributed by atoms with van der Waals surface area (Å²) in [5.74, 6) is -0.964. The molecule has 1 amide bonds. The summed E-state index contributed by atoms with van der Waals surface area (Å²) in [6, 6.07) is 4.85. The van der Waals surface area contributed by atoms with Crippen molar-refractivity contribution in [3.8, 4) is 0 Å². The van der Waals surface area contributed by atoms with E-state index in [1.165, 1.54) is 6.07 Å². The summed E-state index contributed by atoms with van der Waals surface area (Å²) in [7, 11) is 0. The van der Waals surface area contributed by atoms with Gasteiger partial charge in [-0.2, -0.15) is 0 Å². The van der Waals surface area contributed by atoms with E-state index in [1.807, 2.05) is 0 Å². The molecule has 1 aliphatic heterocycles. The largest absolute Gasteiger partial charge is 0.366 e. The highest BCUT2D eigenvalue weighted by Gasteiger charge is 2.17. The Labute approximate surface area is 106 Å². The highest BCUT2D eigenvalue weighted by atomic mass is 19.1. The topological polar surface area (TPSA) is 58.4 Å². The number of carbonyl (C=O) groups is 1. The van der Waals surface area contributed by atoms with Crippen molar-refractivity contribution in [1.82, 2.24) is 10.2 Å². The van der Waals surface area contributed by atoms with Crippen molar-refractivity contribution in [3.63, 3.8) is 0 Å². The summed E-state index contributed by atoms with van der Waals surface area (Å²) < 4.78 is 13.8. The summed E-state index contributed by atoms with van der Waals surface area (Å²) in [5, 5.41) is 3.34. The Bertz CT molecular complexity index is 450. The molecule has 0 aliphatic carbocycles. The lowest BCUT2D eigenvalue weighted by Crippen LogP contribution is -2.48. The molecule has 1 fully saturated rings. The van der Waals surface area contributed by atoms with Gasteiger partial charge in [-0.25, -0.2) is 4.39 Å². The molecule has 2 rings (SSSR count). The molecule has 0 spiro atoms.